The van der Waals surface area contributed by atoms with Crippen molar-refractivity contribution in [2.45, 2.75) is 11.4 Å². The third kappa shape index (κ3) is 4.50. The summed E-state index contributed by atoms with van der Waals surface area (Å²) in [6.07, 6.45) is 1.28. The number of sulfonamides is 1. The van der Waals surface area contributed by atoms with Gasteiger partial charge < -0.3 is 9.84 Å². The Hall–Kier alpha value is -4.70. The average molecular weight is 516 g/mol. The topological polar surface area (TPSA) is 125 Å². The summed E-state index contributed by atoms with van der Waals surface area (Å²) in [6.45, 7) is -0.00299. The molecule has 0 saturated carbocycles. The van der Waals surface area contributed by atoms with Gasteiger partial charge in [0.1, 0.15) is 0 Å². The van der Waals surface area contributed by atoms with Crippen LogP contribution >= 0.6 is 0 Å². The molecule has 186 valence electrons. The van der Waals surface area contributed by atoms with Crippen LogP contribution in [0, 0.1) is 0 Å². The molecule has 10 heteroatoms. The average Bonchev–Trinajstić information content (AvgIpc) is 2.90. The lowest BCUT2D eigenvalue weighted by molar-refractivity contribution is 0.0598. The van der Waals surface area contributed by atoms with E-state index in [0.29, 0.717) is 27.6 Å². The number of rotatable bonds is 7. The van der Waals surface area contributed by atoms with Gasteiger partial charge in [0.2, 0.25) is 0 Å². The molecule has 5 rings (SSSR count). The van der Waals surface area contributed by atoms with E-state index in [9.17, 15) is 23.1 Å². The lowest BCUT2D eigenvalue weighted by Crippen LogP contribution is -2.39. The summed E-state index contributed by atoms with van der Waals surface area (Å²) in [4.78, 5) is 29.5. The number of amides is 2. The van der Waals surface area contributed by atoms with Crippen LogP contribution in [0.25, 0.3) is 10.8 Å². The maximum absolute atomic E-state index is 13.1. The number of nitrogens with one attached hydrogen (secondary N) is 1. The van der Waals surface area contributed by atoms with Crippen LogP contribution in [0.2, 0.25) is 0 Å². The van der Waals surface area contributed by atoms with Crippen LogP contribution in [0.1, 0.15) is 31.8 Å². The number of hydrogen-bond acceptors (Lipinski definition) is 7. The number of ether oxygens (including phenoxy) is 1. The molecule has 0 spiro atoms. The summed E-state index contributed by atoms with van der Waals surface area (Å²) in [7, 11) is -2.57. The van der Waals surface area contributed by atoms with Gasteiger partial charge in [-0.3, -0.25) is 14.5 Å². The van der Waals surface area contributed by atoms with Crippen molar-refractivity contribution in [1.82, 2.24) is 9.73 Å². The van der Waals surface area contributed by atoms with Gasteiger partial charge in [0.05, 0.1) is 24.8 Å². The molecule has 4 aromatic carbocycles. The Kier molecular flexibility index (Phi) is 6.10. The van der Waals surface area contributed by atoms with Crippen LogP contribution in [-0.4, -0.2) is 43.6 Å². The fourth-order valence-electron chi connectivity index (χ4n) is 4.18. The molecule has 1 heterocycles. The van der Waals surface area contributed by atoms with Crippen molar-refractivity contribution < 1.29 is 27.9 Å². The Balaban J connectivity index is 1.31. The van der Waals surface area contributed by atoms with E-state index in [0.717, 1.165) is 10.3 Å². The van der Waals surface area contributed by atoms with Crippen molar-refractivity contribution in [3.8, 4) is 11.5 Å². The number of hydrazone groups is 1. The predicted molar refractivity (Wildman–Crippen MR) is 137 cm³/mol. The number of aromatic hydroxyl groups is 1. The van der Waals surface area contributed by atoms with Crippen LogP contribution < -0.4 is 9.57 Å². The Bertz CT molecular complexity index is 1630. The van der Waals surface area contributed by atoms with Gasteiger partial charge in [-0.1, -0.05) is 36.4 Å². The van der Waals surface area contributed by atoms with Crippen molar-refractivity contribution in [3.05, 3.63) is 101 Å². The number of phenols is 1. The second-order valence-corrected chi connectivity index (χ2v) is 9.99. The molecular weight excluding hydrogens is 494 g/mol. The van der Waals surface area contributed by atoms with Crippen molar-refractivity contribution >= 4 is 38.8 Å². The van der Waals surface area contributed by atoms with Gasteiger partial charge >= 0.3 is 0 Å². The van der Waals surface area contributed by atoms with Gasteiger partial charge in [-0.15, -0.1) is 0 Å². The van der Waals surface area contributed by atoms with E-state index in [1.165, 1.54) is 37.6 Å². The maximum Gasteiger partial charge on any atom is 0.276 e. The lowest BCUT2D eigenvalue weighted by atomic mass is 9.94. The molecule has 0 unspecified atom stereocenters. The first-order chi connectivity index (χ1) is 17.8. The molecule has 0 aliphatic carbocycles. The van der Waals surface area contributed by atoms with E-state index in [1.807, 2.05) is 12.1 Å². The zero-order valence-corrected chi connectivity index (χ0v) is 20.4. The first-order valence-electron chi connectivity index (χ1n) is 11.2. The molecule has 0 saturated heterocycles. The molecule has 1 aliphatic heterocycles. The minimum absolute atomic E-state index is 0.00299. The molecule has 37 heavy (non-hydrogen) atoms. The van der Waals surface area contributed by atoms with Gasteiger partial charge in [-0.05, 0) is 59.0 Å². The Morgan fingerprint density at radius 3 is 2.22 bits per heavy atom. The highest BCUT2D eigenvalue weighted by Crippen LogP contribution is 2.31. The van der Waals surface area contributed by atoms with Crippen LogP contribution in [0.4, 0.5) is 0 Å². The molecule has 1 aliphatic rings. The maximum atomic E-state index is 13.1. The summed E-state index contributed by atoms with van der Waals surface area (Å²) < 4.78 is 30.3. The van der Waals surface area contributed by atoms with E-state index in [-0.39, 0.29) is 22.9 Å². The minimum atomic E-state index is -3.97. The SMILES string of the molecule is COc1cc(/C=N/NS(=O)(=O)c2ccc(CN3C(=O)c4cccc5cccc(c45)C3=O)cc2)ccc1O. The summed E-state index contributed by atoms with van der Waals surface area (Å²) in [5.41, 5.74) is 2.02. The molecule has 9 nitrogen and oxygen atoms in total. The summed E-state index contributed by atoms with van der Waals surface area (Å²) in [5.74, 6) is -0.608. The molecule has 0 radical (unpaired) electrons. The highest BCUT2D eigenvalue weighted by Gasteiger charge is 2.32. The van der Waals surface area contributed by atoms with Crippen molar-refractivity contribution in [3.63, 3.8) is 0 Å². The molecule has 4 aromatic rings. The third-order valence-electron chi connectivity index (χ3n) is 6.02. The normalized spacial score (nSPS) is 13.4. The number of carbonyl (C=O) groups excluding carboxylic acids is 2. The Labute approximate surface area is 212 Å². The number of benzene rings is 4. The molecule has 0 atom stereocenters. The van der Waals surface area contributed by atoms with E-state index in [4.69, 9.17) is 4.74 Å². The lowest BCUT2D eigenvalue weighted by Gasteiger charge is -2.27. The summed E-state index contributed by atoms with van der Waals surface area (Å²) >= 11 is 0. The molecule has 0 fully saturated rings. The first-order valence-corrected chi connectivity index (χ1v) is 12.7. The standard InChI is InChI=1S/C27H21N3O6S/c1-36-24-14-18(10-13-23(24)31)15-28-29-37(34,35)20-11-8-17(9-12-20)16-30-26(32)21-6-2-4-19-5-3-7-22(25(19)21)27(30)33/h2-15,29,31H,16H2,1H3/b28-15+. The number of phenolic OH excluding ortho intramolecular Hbond substituents is 1. The molecular formula is C27H21N3O6S. The van der Waals surface area contributed by atoms with Crippen LogP contribution in [0.5, 0.6) is 11.5 Å². The largest absolute Gasteiger partial charge is 0.504 e. The highest BCUT2D eigenvalue weighted by atomic mass is 32.2. The van der Waals surface area contributed by atoms with Crippen molar-refractivity contribution in [1.29, 1.82) is 0 Å². The van der Waals surface area contributed by atoms with Gasteiger partial charge in [-0.2, -0.15) is 13.5 Å². The number of carbonyl (C=O) groups is 2. The van der Waals surface area contributed by atoms with Gasteiger partial charge in [0.25, 0.3) is 21.8 Å². The minimum Gasteiger partial charge on any atom is -0.504 e. The molecule has 0 aromatic heterocycles. The van der Waals surface area contributed by atoms with Crippen molar-refractivity contribution in [2.75, 3.05) is 7.11 Å². The van der Waals surface area contributed by atoms with Gasteiger partial charge in [-0.25, -0.2) is 4.83 Å². The fourth-order valence-corrected chi connectivity index (χ4v) is 4.97. The summed E-state index contributed by atoms with van der Waals surface area (Å²) in [5, 5.41) is 14.9. The van der Waals surface area contributed by atoms with E-state index in [1.54, 1.807) is 42.5 Å². The second-order valence-electron chi connectivity index (χ2n) is 8.33. The van der Waals surface area contributed by atoms with Crippen LogP contribution in [-0.2, 0) is 16.6 Å². The smallest absolute Gasteiger partial charge is 0.276 e. The number of hydrogen-bond donors (Lipinski definition) is 2. The number of nitrogens with zero attached hydrogens (tertiary/aromatic N) is 2. The van der Waals surface area contributed by atoms with E-state index >= 15 is 0 Å². The van der Waals surface area contributed by atoms with Gasteiger partial charge in [0, 0.05) is 16.5 Å². The Morgan fingerprint density at radius 2 is 1.59 bits per heavy atom. The highest BCUT2D eigenvalue weighted by molar-refractivity contribution is 7.89. The zero-order chi connectivity index (χ0) is 26.2. The summed E-state index contributed by atoms with van der Waals surface area (Å²) in [6, 6.07) is 21.0. The molecule has 2 N–H and O–H groups in total. The molecule has 0 bridgehead atoms. The second kappa shape index (κ2) is 9.40. The third-order valence-corrected chi connectivity index (χ3v) is 7.26. The van der Waals surface area contributed by atoms with E-state index < -0.39 is 21.8 Å². The van der Waals surface area contributed by atoms with Crippen LogP contribution in [0.15, 0.2) is 88.9 Å². The quantitative estimate of drug-likeness (QED) is 0.220. The predicted octanol–water partition coefficient (Wildman–Crippen LogP) is 3.66. The van der Waals surface area contributed by atoms with E-state index in [2.05, 4.69) is 9.93 Å². The first kappa shape index (κ1) is 24.0. The fraction of sp³-hybridized carbons (Fsp3) is 0.0741. The number of methoxy groups -OCH3 is 1. The van der Waals surface area contributed by atoms with Gasteiger partial charge in [0.15, 0.2) is 11.5 Å². The Morgan fingerprint density at radius 1 is 0.946 bits per heavy atom. The monoisotopic (exact) mass is 515 g/mol. The number of imide groups is 1. The zero-order valence-electron chi connectivity index (χ0n) is 19.6. The van der Waals surface area contributed by atoms with Crippen molar-refractivity contribution in [2.24, 2.45) is 5.10 Å². The molecule has 2 amide bonds. The van der Waals surface area contributed by atoms with Crippen LogP contribution in [0.3, 0.4) is 0 Å².